The quantitative estimate of drug-likeness (QED) is 0.198. The van der Waals surface area contributed by atoms with E-state index in [9.17, 15) is 9.50 Å². The van der Waals surface area contributed by atoms with Crippen molar-refractivity contribution in [1.82, 2.24) is 30.1 Å². The van der Waals surface area contributed by atoms with E-state index in [1.54, 1.807) is 42.9 Å². The molecule has 4 heterocycles. The summed E-state index contributed by atoms with van der Waals surface area (Å²) < 4.78 is 28.7. The molecule has 0 bridgehead atoms. The number of nitrogens with zero attached hydrogens (tertiary/aromatic N) is 4. The van der Waals surface area contributed by atoms with Crippen molar-refractivity contribution in [1.29, 1.82) is 0 Å². The van der Waals surface area contributed by atoms with Crippen LogP contribution in [-0.4, -0.2) is 41.5 Å². The fourth-order valence-electron chi connectivity index (χ4n) is 5.04. The molecule has 1 aliphatic carbocycles. The van der Waals surface area contributed by atoms with E-state index in [1.807, 2.05) is 6.07 Å². The molecule has 39 heavy (non-hydrogen) atoms. The lowest BCUT2D eigenvalue weighted by Gasteiger charge is -2.31. The number of hydrogen-bond donors (Lipinski definition) is 4. The maximum Gasteiger partial charge on any atom is 0.178 e. The largest absolute Gasteiger partial charge is 0.374 e. The van der Waals surface area contributed by atoms with Crippen LogP contribution in [0.25, 0.3) is 55.8 Å². The van der Waals surface area contributed by atoms with Crippen LogP contribution in [0, 0.1) is 17.6 Å². The zero-order valence-corrected chi connectivity index (χ0v) is 20.6. The molecule has 1 saturated carbocycles. The number of aromatic amines is 2. The number of aliphatic hydroxyl groups is 1. The summed E-state index contributed by atoms with van der Waals surface area (Å²) in [6, 6.07) is 12.9. The predicted octanol–water partition coefficient (Wildman–Crippen LogP) is 6.04. The smallest absolute Gasteiger partial charge is 0.178 e. The van der Waals surface area contributed by atoms with Gasteiger partial charge in [0.05, 0.1) is 22.9 Å². The molecule has 0 spiro atoms. The molecule has 6 aromatic rings. The minimum absolute atomic E-state index is 0.220. The molecular weight excluding hydrogens is 500 g/mol. The summed E-state index contributed by atoms with van der Waals surface area (Å²) in [5, 5.41) is 21.5. The highest BCUT2D eigenvalue weighted by atomic mass is 19.1. The highest BCUT2D eigenvalue weighted by Gasteiger charge is 2.25. The summed E-state index contributed by atoms with van der Waals surface area (Å²) in [5.41, 5.74) is 5.37. The second-order valence-corrected chi connectivity index (χ2v) is 9.84. The van der Waals surface area contributed by atoms with Gasteiger partial charge in [0, 0.05) is 46.5 Å². The highest BCUT2D eigenvalue weighted by Crippen LogP contribution is 2.35. The molecule has 2 aromatic carbocycles. The Morgan fingerprint density at radius 2 is 1.82 bits per heavy atom. The Bertz CT molecular complexity index is 1830. The van der Waals surface area contributed by atoms with Crippen LogP contribution in [0.5, 0.6) is 0 Å². The van der Waals surface area contributed by atoms with Gasteiger partial charge in [0.1, 0.15) is 23.6 Å². The molecule has 194 valence electrons. The maximum absolute atomic E-state index is 15.2. The second-order valence-electron chi connectivity index (χ2n) is 9.84. The summed E-state index contributed by atoms with van der Waals surface area (Å²) in [5.74, 6) is -0.0577. The van der Waals surface area contributed by atoms with Crippen LogP contribution in [-0.2, 0) is 0 Å². The van der Waals surface area contributed by atoms with Crippen molar-refractivity contribution in [3.63, 3.8) is 0 Å². The van der Waals surface area contributed by atoms with E-state index in [0.717, 1.165) is 30.4 Å². The molecule has 1 unspecified atom stereocenters. The summed E-state index contributed by atoms with van der Waals surface area (Å²) in [7, 11) is 0. The van der Waals surface area contributed by atoms with Crippen LogP contribution in [0.2, 0.25) is 0 Å². The number of imidazole rings is 1. The Morgan fingerprint density at radius 1 is 0.974 bits per heavy atom. The Labute approximate surface area is 221 Å². The molecule has 0 aliphatic heterocycles. The van der Waals surface area contributed by atoms with E-state index in [0.29, 0.717) is 50.4 Å². The van der Waals surface area contributed by atoms with Gasteiger partial charge in [-0.3, -0.25) is 10.1 Å². The Kier molecular flexibility index (Phi) is 5.55. The van der Waals surface area contributed by atoms with Crippen LogP contribution in [0.4, 0.5) is 14.5 Å². The van der Waals surface area contributed by atoms with Crippen molar-refractivity contribution in [2.45, 2.75) is 25.5 Å². The number of halogens is 2. The zero-order valence-electron chi connectivity index (χ0n) is 20.6. The van der Waals surface area contributed by atoms with Crippen molar-refractivity contribution in [2.75, 3.05) is 5.32 Å². The highest BCUT2D eigenvalue weighted by molar-refractivity contribution is 5.97. The Hall–Kier alpha value is -4.70. The van der Waals surface area contributed by atoms with Crippen molar-refractivity contribution >= 4 is 27.8 Å². The lowest BCUT2D eigenvalue weighted by molar-refractivity contribution is 0.0851. The minimum Gasteiger partial charge on any atom is -0.374 e. The van der Waals surface area contributed by atoms with E-state index in [-0.39, 0.29) is 11.7 Å². The summed E-state index contributed by atoms with van der Waals surface area (Å²) >= 11 is 0. The molecule has 8 nitrogen and oxygen atoms in total. The number of rotatable bonds is 6. The lowest BCUT2D eigenvalue weighted by Crippen LogP contribution is -2.33. The topological polar surface area (TPSA) is 115 Å². The SMILES string of the molecule is OC(Nc1cncc(-c2cc3c(-c4nc5nccc(-c6ccc(F)cc6)c5[nH]4)n[nH]c3cc2F)c1)C1CCC1. The van der Waals surface area contributed by atoms with E-state index in [1.165, 1.54) is 18.2 Å². The number of H-pyrrole nitrogens is 2. The van der Waals surface area contributed by atoms with Gasteiger partial charge in [-0.2, -0.15) is 5.10 Å². The normalized spacial score (nSPS) is 14.5. The van der Waals surface area contributed by atoms with Gasteiger partial charge in [-0.1, -0.05) is 18.6 Å². The van der Waals surface area contributed by atoms with Gasteiger partial charge >= 0.3 is 0 Å². The summed E-state index contributed by atoms with van der Waals surface area (Å²) in [4.78, 5) is 16.6. The van der Waals surface area contributed by atoms with E-state index in [2.05, 4.69) is 35.5 Å². The lowest BCUT2D eigenvalue weighted by atomic mass is 9.84. The number of aromatic nitrogens is 6. The number of benzene rings is 2. The number of fused-ring (bicyclic) bond motifs is 2. The standard InChI is InChI=1S/C29H23F2N7O/c30-18-6-4-15(5-7-18)20-8-9-33-27-25(20)35-28(36-27)26-22-11-21(23(31)12-24(22)37-38-26)17-10-19(14-32-13-17)34-29(39)16-2-1-3-16/h4-14,16,29,34,39H,1-3H2,(H,37,38)(H,33,35,36). The molecular formula is C29H23F2N7O. The molecule has 4 N–H and O–H groups in total. The summed E-state index contributed by atoms with van der Waals surface area (Å²) in [6.45, 7) is 0. The Balaban J connectivity index is 1.28. The van der Waals surface area contributed by atoms with Crippen molar-refractivity contribution in [3.8, 4) is 33.8 Å². The van der Waals surface area contributed by atoms with E-state index >= 15 is 4.39 Å². The number of nitrogens with one attached hydrogen (secondary N) is 3. The van der Waals surface area contributed by atoms with Crippen molar-refractivity contribution in [3.05, 3.63) is 78.8 Å². The second kappa shape index (κ2) is 9.25. The van der Waals surface area contributed by atoms with Crippen LogP contribution in [0.3, 0.4) is 0 Å². The van der Waals surface area contributed by atoms with Crippen LogP contribution in [0.15, 0.2) is 67.1 Å². The summed E-state index contributed by atoms with van der Waals surface area (Å²) in [6.07, 6.45) is 7.28. The van der Waals surface area contributed by atoms with Gasteiger partial charge in [0.15, 0.2) is 11.5 Å². The average Bonchev–Trinajstić information content (AvgIpc) is 3.51. The first kappa shape index (κ1) is 23.4. The van der Waals surface area contributed by atoms with Gasteiger partial charge in [-0.15, -0.1) is 0 Å². The molecule has 10 heteroatoms. The third kappa shape index (κ3) is 4.18. The monoisotopic (exact) mass is 523 g/mol. The van der Waals surface area contributed by atoms with Crippen LogP contribution >= 0.6 is 0 Å². The van der Waals surface area contributed by atoms with E-state index in [4.69, 9.17) is 0 Å². The minimum atomic E-state index is -0.662. The van der Waals surface area contributed by atoms with Gasteiger partial charge in [-0.05, 0) is 48.7 Å². The molecule has 4 aromatic heterocycles. The number of pyridine rings is 2. The predicted molar refractivity (Wildman–Crippen MR) is 145 cm³/mol. The zero-order chi connectivity index (χ0) is 26.5. The fourth-order valence-corrected chi connectivity index (χ4v) is 5.04. The van der Waals surface area contributed by atoms with Gasteiger partial charge < -0.3 is 15.4 Å². The number of aliphatic hydroxyl groups excluding tert-OH is 1. The van der Waals surface area contributed by atoms with Gasteiger partial charge in [0.2, 0.25) is 0 Å². The van der Waals surface area contributed by atoms with Crippen LogP contribution < -0.4 is 5.32 Å². The molecule has 7 rings (SSSR count). The molecule has 0 saturated heterocycles. The average molecular weight is 524 g/mol. The molecule has 0 amide bonds. The molecule has 1 aliphatic rings. The van der Waals surface area contributed by atoms with Crippen molar-refractivity contribution < 1.29 is 13.9 Å². The van der Waals surface area contributed by atoms with Gasteiger partial charge in [-0.25, -0.2) is 18.7 Å². The molecule has 1 fully saturated rings. The van der Waals surface area contributed by atoms with Gasteiger partial charge in [0.25, 0.3) is 0 Å². The van der Waals surface area contributed by atoms with Crippen molar-refractivity contribution in [2.24, 2.45) is 5.92 Å². The number of anilines is 1. The maximum atomic E-state index is 15.2. The third-order valence-electron chi connectivity index (χ3n) is 7.38. The number of hydrogen-bond acceptors (Lipinski definition) is 6. The first-order valence-electron chi connectivity index (χ1n) is 12.7. The van der Waals surface area contributed by atoms with E-state index < -0.39 is 12.0 Å². The first-order valence-corrected chi connectivity index (χ1v) is 12.7. The Morgan fingerprint density at radius 3 is 2.62 bits per heavy atom. The fraction of sp³-hybridized carbons (Fsp3) is 0.172. The third-order valence-corrected chi connectivity index (χ3v) is 7.38. The molecule has 0 radical (unpaired) electrons. The first-order chi connectivity index (χ1) is 19.0. The molecule has 1 atom stereocenters. The van der Waals surface area contributed by atoms with Crippen LogP contribution in [0.1, 0.15) is 19.3 Å².